The average Bonchev–Trinajstić information content (AvgIpc) is 2.62. The Morgan fingerprint density at radius 1 is 1.45 bits per heavy atom. The number of morpholine rings is 1. The first-order valence-electron chi connectivity index (χ1n) is 9.60. The second-order valence-electron chi connectivity index (χ2n) is 7.15. The van der Waals surface area contributed by atoms with Gasteiger partial charge in [0.05, 0.1) is 12.3 Å². The molecule has 1 aromatic carbocycles. The highest BCUT2D eigenvalue weighted by Gasteiger charge is 2.31. The summed E-state index contributed by atoms with van der Waals surface area (Å²) in [6, 6.07) is 4.05. The van der Waals surface area contributed by atoms with E-state index < -0.39 is 18.6 Å². The van der Waals surface area contributed by atoms with E-state index in [1.807, 2.05) is 11.9 Å². The molecule has 0 aromatic heterocycles. The van der Waals surface area contributed by atoms with E-state index in [0.717, 1.165) is 19.3 Å². The number of likely N-dealkylation sites (N-methyl/N-ethyl adjacent to an activating group) is 1. The van der Waals surface area contributed by atoms with E-state index in [1.165, 1.54) is 17.0 Å². The third kappa shape index (κ3) is 5.01. The van der Waals surface area contributed by atoms with Crippen molar-refractivity contribution in [2.45, 2.75) is 38.0 Å². The van der Waals surface area contributed by atoms with Crippen molar-refractivity contribution in [3.63, 3.8) is 0 Å². The van der Waals surface area contributed by atoms with Crippen molar-refractivity contribution < 1.29 is 27.8 Å². The fourth-order valence-corrected chi connectivity index (χ4v) is 3.49. The van der Waals surface area contributed by atoms with Crippen LogP contribution in [-0.4, -0.2) is 68.8 Å². The lowest BCUT2D eigenvalue weighted by Crippen LogP contribution is -2.52. The summed E-state index contributed by atoms with van der Waals surface area (Å²) in [5, 5.41) is 2.65. The third-order valence-corrected chi connectivity index (χ3v) is 5.40. The molecule has 0 bridgehead atoms. The number of carbonyl (C=O) groups is 2. The van der Waals surface area contributed by atoms with E-state index in [-0.39, 0.29) is 30.5 Å². The number of hydrogen-bond acceptors (Lipinski definition) is 6. The smallest absolute Gasteiger partial charge is 0.387 e. The molecule has 2 fully saturated rings. The summed E-state index contributed by atoms with van der Waals surface area (Å²) >= 11 is 0. The standard InChI is InChI=1S/C19H26F2N4O4/c1-24(12-3-2-4-12)15(10-22)18(27)23-14-6-5-13(9-16(14)29-19(20)21)25-7-8-28-11-17(25)26/h5-6,9,12,15,19H,2-4,7-8,10-11,22H2,1H3,(H,23,27)/t15-/m1/s1. The van der Waals surface area contributed by atoms with Gasteiger partial charge in [0, 0.05) is 30.9 Å². The molecule has 160 valence electrons. The van der Waals surface area contributed by atoms with Crippen LogP contribution in [0.25, 0.3) is 0 Å². The van der Waals surface area contributed by atoms with Gasteiger partial charge in [0.1, 0.15) is 12.6 Å². The highest BCUT2D eigenvalue weighted by molar-refractivity contribution is 5.98. The first-order chi connectivity index (χ1) is 13.9. The molecule has 10 heteroatoms. The van der Waals surface area contributed by atoms with Crippen molar-refractivity contribution >= 4 is 23.2 Å². The minimum atomic E-state index is -3.08. The van der Waals surface area contributed by atoms with E-state index in [1.54, 1.807) is 6.07 Å². The molecule has 0 spiro atoms. The molecule has 8 nitrogen and oxygen atoms in total. The fourth-order valence-electron chi connectivity index (χ4n) is 3.49. The number of nitrogens with two attached hydrogens (primary N) is 1. The van der Waals surface area contributed by atoms with Crippen LogP contribution in [0, 0.1) is 0 Å². The normalized spacial score (nSPS) is 18.7. The lowest BCUT2D eigenvalue weighted by Gasteiger charge is -2.38. The Hall–Kier alpha value is -2.30. The molecule has 1 atom stereocenters. The molecule has 1 aliphatic carbocycles. The van der Waals surface area contributed by atoms with E-state index >= 15 is 0 Å². The van der Waals surface area contributed by atoms with Gasteiger partial charge >= 0.3 is 6.61 Å². The Bertz CT molecular complexity index is 745. The minimum absolute atomic E-state index is 0.0742. The first kappa shape index (κ1) is 21.4. The van der Waals surface area contributed by atoms with Gasteiger partial charge in [-0.1, -0.05) is 6.42 Å². The van der Waals surface area contributed by atoms with Crippen LogP contribution in [0.2, 0.25) is 0 Å². The summed E-state index contributed by atoms with van der Waals surface area (Å²) in [6.07, 6.45) is 3.12. The second kappa shape index (κ2) is 9.47. The highest BCUT2D eigenvalue weighted by Crippen LogP contribution is 2.32. The fraction of sp³-hybridized carbons (Fsp3) is 0.579. The summed E-state index contributed by atoms with van der Waals surface area (Å²) < 4.78 is 35.6. The predicted molar refractivity (Wildman–Crippen MR) is 103 cm³/mol. The minimum Gasteiger partial charge on any atom is -0.433 e. The quantitative estimate of drug-likeness (QED) is 0.670. The molecular weight excluding hydrogens is 386 g/mol. The molecule has 1 heterocycles. The zero-order chi connectivity index (χ0) is 21.0. The predicted octanol–water partition coefficient (Wildman–Crippen LogP) is 1.40. The maximum Gasteiger partial charge on any atom is 0.387 e. The van der Waals surface area contributed by atoms with Gasteiger partial charge < -0.3 is 25.4 Å². The highest BCUT2D eigenvalue weighted by atomic mass is 19.3. The molecule has 2 amide bonds. The number of nitrogens with one attached hydrogen (secondary N) is 1. The Labute approximate surface area is 167 Å². The van der Waals surface area contributed by atoms with Gasteiger partial charge in [-0.05, 0) is 32.0 Å². The van der Waals surface area contributed by atoms with Gasteiger partial charge in [-0.3, -0.25) is 14.5 Å². The van der Waals surface area contributed by atoms with Crippen molar-refractivity contribution in [2.75, 3.05) is 43.6 Å². The van der Waals surface area contributed by atoms with Gasteiger partial charge in [0.15, 0.2) is 5.75 Å². The second-order valence-corrected chi connectivity index (χ2v) is 7.15. The summed E-state index contributed by atoms with van der Waals surface area (Å²) in [5.74, 6) is -0.884. The molecule has 1 aliphatic heterocycles. The van der Waals surface area contributed by atoms with E-state index in [2.05, 4.69) is 10.1 Å². The lowest BCUT2D eigenvalue weighted by molar-refractivity contribution is -0.125. The molecule has 1 aromatic rings. The molecule has 3 rings (SSSR count). The molecule has 2 aliphatic rings. The van der Waals surface area contributed by atoms with Gasteiger partial charge in [-0.2, -0.15) is 8.78 Å². The van der Waals surface area contributed by atoms with Crippen molar-refractivity contribution in [3.8, 4) is 5.75 Å². The van der Waals surface area contributed by atoms with Crippen LogP contribution in [0.3, 0.4) is 0 Å². The summed E-state index contributed by atoms with van der Waals surface area (Å²) in [4.78, 5) is 28.1. The Kier molecular flexibility index (Phi) is 6.99. The summed E-state index contributed by atoms with van der Waals surface area (Å²) in [6.45, 7) is -2.40. The van der Waals surface area contributed by atoms with Gasteiger partial charge in [-0.25, -0.2) is 0 Å². The molecule has 0 radical (unpaired) electrons. The molecule has 29 heavy (non-hydrogen) atoms. The number of halogens is 2. The van der Waals surface area contributed by atoms with Crippen LogP contribution in [0.4, 0.5) is 20.2 Å². The van der Waals surface area contributed by atoms with Crippen LogP contribution in [0.15, 0.2) is 18.2 Å². The van der Waals surface area contributed by atoms with Gasteiger partial charge in [0.2, 0.25) is 5.91 Å². The topological polar surface area (TPSA) is 97.1 Å². The Balaban J connectivity index is 1.79. The SMILES string of the molecule is CN(C1CCC1)[C@H](CN)C(=O)Nc1ccc(N2CCOCC2=O)cc1OC(F)F. The number of nitrogens with zero attached hydrogens (tertiary/aromatic N) is 2. The number of anilines is 2. The van der Waals surface area contributed by atoms with Crippen LogP contribution in [-0.2, 0) is 14.3 Å². The zero-order valence-corrected chi connectivity index (χ0v) is 16.3. The monoisotopic (exact) mass is 412 g/mol. The maximum atomic E-state index is 12.9. The van der Waals surface area contributed by atoms with Gasteiger partial charge in [0.25, 0.3) is 5.91 Å². The molecular formula is C19H26F2N4O4. The Morgan fingerprint density at radius 3 is 2.79 bits per heavy atom. The number of amides is 2. The number of carbonyl (C=O) groups excluding carboxylic acids is 2. The molecule has 3 N–H and O–H groups in total. The number of ether oxygens (including phenoxy) is 2. The number of alkyl halides is 2. The largest absolute Gasteiger partial charge is 0.433 e. The van der Waals surface area contributed by atoms with Crippen molar-refractivity contribution in [1.82, 2.24) is 4.90 Å². The molecule has 1 saturated carbocycles. The number of hydrogen-bond donors (Lipinski definition) is 2. The van der Waals surface area contributed by atoms with Crippen molar-refractivity contribution in [2.24, 2.45) is 5.73 Å². The number of rotatable bonds is 8. The van der Waals surface area contributed by atoms with E-state index in [9.17, 15) is 18.4 Å². The molecule has 0 unspecified atom stereocenters. The summed E-state index contributed by atoms with van der Waals surface area (Å²) in [5.41, 5.74) is 6.29. The first-order valence-corrected chi connectivity index (χ1v) is 9.60. The maximum absolute atomic E-state index is 12.9. The third-order valence-electron chi connectivity index (χ3n) is 5.40. The zero-order valence-electron chi connectivity index (χ0n) is 16.3. The van der Waals surface area contributed by atoms with E-state index in [0.29, 0.717) is 24.9 Å². The summed E-state index contributed by atoms with van der Waals surface area (Å²) in [7, 11) is 1.84. The van der Waals surface area contributed by atoms with Crippen molar-refractivity contribution in [3.05, 3.63) is 18.2 Å². The van der Waals surface area contributed by atoms with Crippen LogP contribution < -0.4 is 20.7 Å². The van der Waals surface area contributed by atoms with Crippen molar-refractivity contribution in [1.29, 1.82) is 0 Å². The van der Waals surface area contributed by atoms with Crippen LogP contribution in [0.5, 0.6) is 5.75 Å². The van der Waals surface area contributed by atoms with Crippen LogP contribution >= 0.6 is 0 Å². The lowest BCUT2D eigenvalue weighted by atomic mass is 9.90. The average molecular weight is 412 g/mol. The van der Waals surface area contributed by atoms with E-state index in [4.69, 9.17) is 10.5 Å². The molecule has 1 saturated heterocycles. The van der Waals surface area contributed by atoms with Crippen LogP contribution in [0.1, 0.15) is 19.3 Å². The number of benzene rings is 1. The Morgan fingerprint density at radius 2 is 2.21 bits per heavy atom. The van der Waals surface area contributed by atoms with Gasteiger partial charge in [-0.15, -0.1) is 0 Å².